The van der Waals surface area contributed by atoms with Gasteiger partial charge in [-0.25, -0.2) is 4.98 Å². The van der Waals surface area contributed by atoms with Crippen LogP contribution in [0.4, 0.5) is 0 Å². The van der Waals surface area contributed by atoms with Crippen LogP contribution in [0.3, 0.4) is 0 Å². The molecule has 0 unspecified atom stereocenters. The molecule has 9 rings (SSSR count). The summed E-state index contributed by atoms with van der Waals surface area (Å²) in [6.45, 7) is 19.0. The first kappa shape index (κ1) is 41.7. The topological polar surface area (TPSA) is 50.9 Å². The van der Waals surface area contributed by atoms with E-state index in [2.05, 4.69) is 182 Å². The van der Waals surface area contributed by atoms with E-state index in [9.17, 15) is 5.11 Å². The first-order valence-corrected chi connectivity index (χ1v) is 23.2. The molecule has 2 aromatic heterocycles. The second-order valence-electron chi connectivity index (χ2n) is 19.9. The Morgan fingerprint density at radius 1 is 0.545 bits per heavy atom. The minimum atomic E-state index is -1.04. The first-order valence-electron chi connectivity index (χ1n) is 24.4. The van der Waals surface area contributed by atoms with Gasteiger partial charge in [0.1, 0.15) is 11.6 Å². The molecule has 0 saturated carbocycles. The number of benzene rings is 7. The zero-order valence-electron chi connectivity index (χ0n) is 41.7. The average molecular weight is 866 g/mol. The molecule has 2 heterocycles. The molecule has 4 heteroatoms. The zero-order chi connectivity index (χ0) is 48.1. The monoisotopic (exact) mass is 865 g/mol. The summed E-state index contributed by atoms with van der Waals surface area (Å²) in [6, 6.07) is 57.2. The van der Waals surface area contributed by atoms with Crippen LogP contribution in [0.25, 0.3) is 72.7 Å². The lowest BCUT2D eigenvalue weighted by Gasteiger charge is -2.27. The van der Waals surface area contributed by atoms with Crippen molar-refractivity contribution in [2.75, 3.05) is 0 Å². The fourth-order valence-corrected chi connectivity index (χ4v) is 9.44. The number of pyridine rings is 1. The van der Waals surface area contributed by atoms with Gasteiger partial charge < -0.3 is 5.11 Å². The quantitative estimate of drug-likeness (QED) is 0.149. The van der Waals surface area contributed by atoms with Crippen molar-refractivity contribution in [1.29, 1.82) is 0 Å². The van der Waals surface area contributed by atoms with E-state index in [-0.39, 0.29) is 28.4 Å². The smallest absolute Gasteiger partial charge is 0.149 e. The van der Waals surface area contributed by atoms with E-state index < -0.39 is 6.88 Å². The highest BCUT2D eigenvalue weighted by Gasteiger charge is 2.29. The highest BCUT2D eigenvalue weighted by molar-refractivity contribution is 5.97. The number of aromatic nitrogens is 3. The van der Waals surface area contributed by atoms with E-state index in [4.69, 9.17) is 12.7 Å². The molecular formula is C62H61N3O. The molecular weight excluding hydrogens is 803 g/mol. The van der Waals surface area contributed by atoms with Gasteiger partial charge in [-0.15, -0.1) is 0 Å². The van der Waals surface area contributed by atoms with Crippen LogP contribution in [0.15, 0.2) is 170 Å². The van der Waals surface area contributed by atoms with Crippen LogP contribution in [0.5, 0.6) is 5.75 Å². The number of phenolic OH excluding ortho intramolecular Hbond substituents is 1. The van der Waals surface area contributed by atoms with Crippen molar-refractivity contribution in [1.82, 2.24) is 14.5 Å². The van der Waals surface area contributed by atoms with E-state index >= 15 is 0 Å². The van der Waals surface area contributed by atoms with Crippen LogP contribution in [0, 0.1) is 6.88 Å². The Hall–Kier alpha value is -7.04. The lowest BCUT2D eigenvalue weighted by molar-refractivity contribution is 0.448. The van der Waals surface area contributed by atoms with Crippen molar-refractivity contribution in [3.05, 3.63) is 203 Å². The molecule has 0 amide bonds. The van der Waals surface area contributed by atoms with E-state index in [0.717, 1.165) is 61.4 Å². The molecule has 0 atom stereocenters. The summed E-state index contributed by atoms with van der Waals surface area (Å²) < 4.78 is 18.1. The molecule has 0 aliphatic heterocycles. The fraction of sp³-hybridized carbons (Fsp3) is 0.226. The summed E-state index contributed by atoms with van der Waals surface area (Å²) in [5.41, 5.74) is 17.3. The summed E-state index contributed by atoms with van der Waals surface area (Å²) in [4.78, 5) is 10.7. The molecule has 4 nitrogen and oxygen atoms in total. The summed E-state index contributed by atoms with van der Waals surface area (Å²) in [7, 11) is 0. The van der Waals surface area contributed by atoms with Gasteiger partial charge in [-0.3, -0.25) is 9.55 Å². The number of rotatable bonds is 10. The number of phenols is 1. The third kappa shape index (κ3) is 8.26. The highest BCUT2D eigenvalue weighted by Crippen LogP contribution is 2.46. The Labute approximate surface area is 394 Å². The average Bonchev–Trinajstić information content (AvgIpc) is 3.73. The largest absolute Gasteiger partial charge is 0.507 e. The maximum Gasteiger partial charge on any atom is 0.149 e. The van der Waals surface area contributed by atoms with Gasteiger partial charge in [0.05, 0.1) is 28.0 Å². The molecule has 0 aliphatic rings. The molecule has 0 aliphatic carbocycles. The number of aryl methyl sites for hydroxylation is 1. The Balaban J connectivity index is 1.34. The molecule has 7 aromatic carbocycles. The number of fused-ring (bicyclic) bond motifs is 1. The van der Waals surface area contributed by atoms with E-state index in [1.165, 1.54) is 27.8 Å². The Bertz CT molecular complexity index is 3240. The van der Waals surface area contributed by atoms with Gasteiger partial charge in [-0.05, 0) is 128 Å². The number of hydrogen-bond acceptors (Lipinski definition) is 3. The number of aromatic hydroxyl groups is 1. The second kappa shape index (κ2) is 17.4. The van der Waals surface area contributed by atoms with Gasteiger partial charge in [-0.1, -0.05) is 183 Å². The SMILES string of the molecule is [2H]C([2H])c1ccc(-c2ccnc(-c3cc(-c4cccc5c4nc(-c4cccc(C(C)(C)C)c4O)n5-c4c(C(C)C)cc(-c5ccccc5)cc4C(C)C)cc(C(C)(C)c4ccccc4)c3)c2)cc1. The summed E-state index contributed by atoms with van der Waals surface area (Å²) in [5.74, 6) is 1.27. The first-order chi connectivity index (χ1) is 32.5. The van der Waals surface area contributed by atoms with Gasteiger partial charge in [0, 0.05) is 25.5 Å². The molecule has 0 radical (unpaired) electrons. The van der Waals surface area contributed by atoms with Crippen molar-refractivity contribution in [3.63, 3.8) is 0 Å². The summed E-state index contributed by atoms with van der Waals surface area (Å²) >= 11 is 0. The van der Waals surface area contributed by atoms with Gasteiger partial charge in [0.15, 0.2) is 0 Å². The van der Waals surface area contributed by atoms with Crippen molar-refractivity contribution < 1.29 is 7.85 Å². The van der Waals surface area contributed by atoms with Gasteiger partial charge in [0.2, 0.25) is 0 Å². The van der Waals surface area contributed by atoms with Gasteiger partial charge in [-0.2, -0.15) is 0 Å². The molecule has 9 aromatic rings. The van der Waals surface area contributed by atoms with Crippen LogP contribution in [0.1, 0.15) is 110 Å². The third-order valence-corrected chi connectivity index (χ3v) is 13.3. The Morgan fingerprint density at radius 3 is 1.82 bits per heavy atom. The summed E-state index contributed by atoms with van der Waals surface area (Å²) in [5, 5.41) is 12.4. The number of nitrogens with zero attached hydrogens (tertiary/aromatic N) is 3. The van der Waals surface area contributed by atoms with Gasteiger partial charge >= 0.3 is 0 Å². The summed E-state index contributed by atoms with van der Waals surface area (Å²) in [6.07, 6.45) is 1.86. The van der Waals surface area contributed by atoms with Crippen LogP contribution in [0.2, 0.25) is 0 Å². The van der Waals surface area contributed by atoms with Crippen LogP contribution < -0.4 is 0 Å². The van der Waals surface area contributed by atoms with E-state index in [0.29, 0.717) is 17.0 Å². The van der Waals surface area contributed by atoms with Crippen LogP contribution >= 0.6 is 0 Å². The Kier molecular flexibility index (Phi) is 11.0. The van der Waals surface area contributed by atoms with Crippen molar-refractivity contribution in [2.24, 2.45) is 0 Å². The predicted molar refractivity (Wildman–Crippen MR) is 278 cm³/mol. The Morgan fingerprint density at radius 2 is 1.17 bits per heavy atom. The van der Waals surface area contributed by atoms with Crippen molar-refractivity contribution >= 4 is 11.0 Å². The fourth-order valence-electron chi connectivity index (χ4n) is 9.44. The minimum absolute atomic E-state index is 0.169. The lowest BCUT2D eigenvalue weighted by Crippen LogP contribution is -2.19. The molecule has 1 N–H and O–H groups in total. The molecule has 330 valence electrons. The van der Waals surface area contributed by atoms with Crippen LogP contribution in [-0.2, 0) is 10.8 Å². The standard InChI is InChI=1S/C62H61N3O/c1-39(2)52-36-45(42-19-13-11-14-20-42)37-53(40(3)4)58(52)65-56-26-18-23-50(57(56)64-60(65)51-24-17-25-54(59(51)66)61(6,7)8)46-33-47(35-49(34-46)62(9,10)48-21-15-12-16-22-48)55-38-44(31-32-63-55)43-29-27-41(5)28-30-43/h11-40,66H,1-10H3/i5D2. The number of imidazole rings is 1. The van der Waals surface area contributed by atoms with Crippen LogP contribution in [-0.4, -0.2) is 19.6 Å². The second-order valence-corrected chi connectivity index (χ2v) is 19.9. The minimum Gasteiger partial charge on any atom is -0.507 e. The predicted octanol–water partition coefficient (Wildman–Crippen LogP) is 16.6. The van der Waals surface area contributed by atoms with Gasteiger partial charge in [0.25, 0.3) is 0 Å². The number of hydrogen-bond donors (Lipinski definition) is 1. The molecule has 0 saturated heterocycles. The maximum absolute atomic E-state index is 12.4. The van der Waals surface area contributed by atoms with E-state index in [1.54, 1.807) is 0 Å². The van der Waals surface area contributed by atoms with E-state index in [1.807, 2.05) is 54.7 Å². The molecule has 0 bridgehead atoms. The van der Waals surface area contributed by atoms with Crippen molar-refractivity contribution in [3.8, 4) is 67.5 Å². The normalized spacial score (nSPS) is 12.6. The lowest BCUT2D eigenvalue weighted by atomic mass is 9.76. The maximum atomic E-state index is 12.4. The molecule has 0 fully saturated rings. The molecule has 66 heavy (non-hydrogen) atoms. The third-order valence-electron chi connectivity index (χ3n) is 13.3. The molecule has 0 spiro atoms. The number of para-hydroxylation sites is 2. The highest BCUT2D eigenvalue weighted by atomic mass is 16.3. The van der Waals surface area contributed by atoms with Crippen molar-refractivity contribution in [2.45, 2.75) is 91.9 Å². The zero-order valence-corrected chi connectivity index (χ0v) is 39.7.